The number of aromatic nitrogens is 2. The van der Waals surface area contributed by atoms with Gasteiger partial charge in [-0.05, 0) is 24.3 Å². The van der Waals surface area contributed by atoms with Crippen LogP contribution in [-0.4, -0.2) is 83.6 Å². The lowest BCUT2D eigenvalue weighted by atomic mass is 10.0. The summed E-state index contributed by atoms with van der Waals surface area (Å²) in [5.41, 5.74) is 3.09. The number of nitrogens with one attached hydrogen (secondary N) is 1. The fourth-order valence-electron chi connectivity index (χ4n) is 5.67. The zero-order valence-electron chi connectivity index (χ0n) is 20.8. The summed E-state index contributed by atoms with van der Waals surface area (Å²) in [4.78, 5) is 27.0. The fraction of sp³-hybridized carbons (Fsp3) is 0.444. The van der Waals surface area contributed by atoms with Crippen LogP contribution in [0.3, 0.4) is 0 Å². The fourth-order valence-corrected chi connectivity index (χ4v) is 5.67. The Kier molecular flexibility index (Phi) is 6.33. The standard InChI is InChI=1S/C27H32N6O4/c34-20-13-19-3-1-2-4-21(19)24(14-20)32-10-6-22-23(16-32)29-26(30-25(22)31-11-7-28-8-12-31)37-17-18-5-9-33(15-18)27(35)36/h1-4,13-14,18,28,34H,5-12,15-17H2,(H,35,36)/t18-/m1/s1. The number of phenols is 1. The second-order valence-corrected chi connectivity index (χ2v) is 10.0. The van der Waals surface area contributed by atoms with Gasteiger partial charge in [-0.1, -0.05) is 24.3 Å². The first-order valence-electron chi connectivity index (χ1n) is 13.0. The number of ether oxygens (including phenoxy) is 1. The van der Waals surface area contributed by atoms with E-state index in [1.807, 2.05) is 24.3 Å². The van der Waals surface area contributed by atoms with Crippen LogP contribution in [0.15, 0.2) is 36.4 Å². The third-order valence-corrected chi connectivity index (χ3v) is 7.61. The molecule has 1 aromatic heterocycles. The SMILES string of the molecule is O=C(O)N1CC[C@@H](COc2nc3c(c(N4CCNCC4)n2)CCN(c2cc(O)cc4ccccc24)C3)C1. The molecule has 3 aliphatic heterocycles. The molecule has 0 bridgehead atoms. The summed E-state index contributed by atoms with van der Waals surface area (Å²) in [5, 5.41) is 25.2. The maximum Gasteiger partial charge on any atom is 0.407 e. The lowest BCUT2D eigenvalue weighted by molar-refractivity contribution is 0.151. The molecule has 0 spiro atoms. The summed E-state index contributed by atoms with van der Waals surface area (Å²) in [6.07, 6.45) is 0.697. The minimum atomic E-state index is -0.881. The molecule has 1 atom stereocenters. The van der Waals surface area contributed by atoms with Crippen LogP contribution in [0.2, 0.25) is 0 Å². The van der Waals surface area contributed by atoms with Crippen LogP contribution in [0.25, 0.3) is 10.8 Å². The molecule has 4 heterocycles. The summed E-state index contributed by atoms with van der Waals surface area (Å²) in [6.45, 7) is 6.36. The van der Waals surface area contributed by atoms with Crippen molar-refractivity contribution < 1.29 is 19.7 Å². The number of hydrogen-bond acceptors (Lipinski definition) is 8. The van der Waals surface area contributed by atoms with Crippen LogP contribution >= 0.6 is 0 Å². The van der Waals surface area contributed by atoms with E-state index in [0.29, 0.717) is 32.3 Å². The van der Waals surface area contributed by atoms with Gasteiger partial charge in [0.2, 0.25) is 0 Å². The predicted molar refractivity (Wildman–Crippen MR) is 141 cm³/mol. The zero-order chi connectivity index (χ0) is 25.4. The molecule has 10 nitrogen and oxygen atoms in total. The van der Waals surface area contributed by atoms with Crippen molar-refractivity contribution in [3.63, 3.8) is 0 Å². The largest absolute Gasteiger partial charge is 0.508 e. The molecule has 0 aliphatic carbocycles. The number of anilines is 2. The van der Waals surface area contributed by atoms with Gasteiger partial charge in [0.15, 0.2) is 0 Å². The molecule has 2 aromatic carbocycles. The van der Waals surface area contributed by atoms with Gasteiger partial charge >= 0.3 is 12.1 Å². The molecule has 3 N–H and O–H groups in total. The summed E-state index contributed by atoms with van der Waals surface area (Å²) >= 11 is 0. The highest BCUT2D eigenvalue weighted by Gasteiger charge is 2.29. The number of hydrogen-bond donors (Lipinski definition) is 3. The van der Waals surface area contributed by atoms with Gasteiger partial charge in [0, 0.05) is 74.4 Å². The number of likely N-dealkylation sites (tertiary alicyclic amines) is 1. The Labute approximate surface area is 215 Å². The molecule has 1 amide bonds. The van der Waals surface area contributed by atoms with Gasteiger partial charge in [0.25, 0.3) is 0 Å². The van der Waals surface area contributed by atoms with E-state index in [0.717, 1.165) is 79.1 Å². The number of piperazine rings is 1. The van der Waals surface area contributed by atoms with Crippen LogP contribution in [0.4, 0.5) is 16.3 Å². The number of aromatic hydroxyl groups is 1. The number of benzene rings is 2. The molecular weight excluding hydrogens is 472 g/mol. The van der Waals surface area contributed by atoms with Crippen molar-refractivity contribution in [1.29, 1.82) is 0 Å². The zero-order valence-corrected chi connectivity index (χ0v) is 20.8. The van der Waals surface area contributed by atoms with Crippen LogP contribution in [0, 0.1) is 5.92 Å². The maximum absolute atomic E-state index is 11.3. The molecule has 3 aromatic rings. The summed E-state index contributed by atoms with van der Waals surface area (Å²) in [7, 11) is 0. The van der Waals surface area contributed by atoms with Gasteiger partial charge in [-0.2, -0.15) is 9.97 Å². The number of rotatable bonds is 5. The van der Waals surface area contributed by atoms with Crippen molar-refractivity contribution in [1.82, 2.24) is 20.2 Å². The number of amides is 1. The van der Waals surface area contributed by atoms with E-state index < -0.39 is 6.09 Å². The van der Waals surface area contributed by atoms with E-state index in [2.05, 4.69) is 21.2 Å². The molecule has 2 fully saturated rings. The quantitative estimate of drug-likeness (QED) is 0.482. The smallest absolute Gasteiger partial charge is 0.407 e. The third kappa shape index (κ3) is 4.81. The third-order valence-electron chi connectivity index (χ3n) is 7.61. The van der Waals surface area contributed by atoms with Crippen molar-refractivity contribution >= 4 is 28.4 Å². The maximum atomic E-state index is 11.3. The minimum Gasteiger partial charge on any atom is -0.508 e. The van der Waals surface area contributed by atoms with E-state index >= 15 is 0 Å². The van der Waals surface area contributed by atoms with Crippen LogP contribution in [-0.2, 0) is 13.0 Å². The second-order valence-electron chi connectivity index (χ2n) is 10.0. The minimum absolute atomic E-state index is 0.133. The molecule has 37 heavy (non-hydrogen) atoms. The highest BCUT2D eigenvalue weighted by molar-refractivity contribution is 5.95. The highest BCUT2D eigenvalue weighted by atomic mass is 16.5. The van der Waals surface area contributed by atoms with E-state index in [1.165, 1.54) is 4.90 Å². The van der Waals surface area contributed by atoms with Crippen LogP contribution < -0.4 is 19.9 Å². The van der Waals surface area contributed by atoms with Crippen molar-refractivity contribution in [3.8, 4) is 11.8 Å². The van der Waals surface area contributed by atoms with Crippen molar-refractivity contribution in [2.75, 3.05) is 62.2 Å². The Morgan fingerprint density at radius 2 is 1.92 bits per heavy atom. The normalized spacial score (nSPS) is 19.8. The second kappa shape index (κ2) is 9.93. The number of carboxylic acid groups (broad SMARTS) is 1. The van der Waals surface area contributed by atoms with Crippen molar-refractivity contribution in [3.05, 3.63) is 47.7 Å². The van der Waals surface area contributed by atoms with Gasteiger partial charge in [-0.25, -0.2) is 4.79 Å². The van der Waals surface area contributed by atoms with E-state index in [-0.39, 0.29) is 11.7 Å². The van der Waals surface area contributed by atoms with Gasteiger partial charge in [-0.3, -0.25) is 0 Å². The van der Waals surface area contributed by atoms with E-state index in [1.54, 1.807) is 6.07 Å². The molecule has 10 heteroatoms. The van der Waals surface area contributed by atoms with Crippen LogP contribution in [0.1, 0.15) is 17.7 Å². The predicted octanol–water partition coefficient (Wildman–Crippen LogP) is 2.69. The van der Waals surface area contributed by atoms with Crippen molar-refractivity contribution in [2.24, 2.45) is 5.92 Å². The summed E-state index contributed by atoms with van der Waals surface area (Å²) in [5.74, 6) is 1.33. The van der Waals surface area contributed by atoms with Gasteiger partial charge in [-0.15, -0.1) is 0 Å². The molecule has 0 unspecified atom stereocenters. The Hall–Kier alpha value is -3.79. The molecule has 194 valence electrons. The highest BCUT2D eigenvalue weighted by Crippen LogP contribution is 2.36. The first kappa shape index (κ1) is 23.6. The molecular formula is C27H32N6O4. The summed E-state index contributed by atoms with van der Waals surface area (Å²) in [6, 6.07) is 12.1. The lowest BCUT2D eigenvalue weighted by Crippen LogP contribution is -2.45. The summed E-state index contributed by atoms with van der Waals surface area (Å²) < 4.78 is 6.10. The number of nitrogens with zero attached hydrogens (tertiary/aromatic N) is 5. The number of phenolic OH excluding ortho intramolecular Hbond substituents is 1. The van der Waals surface area contributed by atoms with E-state index in [4.69, 9.17) is 14.7 Å². The molecule has 0 saturated carbocycles. The average Bonchev–Trinajstić information content (AvgIpc) is 3.41. The number of carbonyl (C=O) groups is 1. The first-order chi connectivity index (χ1) is 18.0. The Morgan fingerprint density at radius 1 is 1.08 bits per heavy atom. The van der Waals surface area contributed by atoms with Gasteiger partial charge < -0.3 is 35.0 Å². The van der Waals surface area contributed by atoms with Gasteiger partial charge in [0.05, 0.1) is 18.8 Å². The average molecular weight is 505 g/mol. The monoisotopic (exact) mass is 504 g/mol. The molecule has 2 saturated heterocycles. The molecule has 0 radical (unpaired) electrons. The van der Waals surface area contributed by atoms with Gasteiger partial charge in [0.1, 0.15) is 11.6 Å². The molecule has 3 aliphatic rings. The number of fused-ring (bicyclic) bond motifs is 2. The van der Waals surface area contributed by atoms with Crippen LogP contribution in [0.5, 0.6) is 11.8 Å². The lowest BCUT2D eigenvalue weighted by Gasteiger charge is -2.35. The Balaban J connectivity index is 1.29. The Morgan fingerprint density at radius 3 is 2.73 bits per heavy atom. The Bertz CT molecular complexity index is 1310. The van der Waals surface area contributed by atoms with E-state index in [9.17, 15) is 15.0 Å². The topological polar surface area (TPSA) is 114 Å². The first-order valence-corrected chi connectivity index (χ1v) is 13.0. The molecule has 6 rings (SSSR count). The van der Waals surface area contributed by atoms with Crippen molar-refractivity contribution in [2.45, 2.75) is 19.4 Å².